The van der Waals surface area contributed by atoms with Gasteiger partial charge in [0.05, 0.1) is 5.69 Å². The number of rotatable bonds is 11. The number of carbonyl (C=O) groups is 3. The molecule has 0 saturated carbocycles. The number of para-hydroxylation sites is 2. The second-order valence-corrected chi connectivity index (χ2v) is 8.57. The maximum absolute atomic E-state index is 13.7. The Labute approximate surface area is 207 Å². The minimum absolute atomic E-state index is 0.0251. The summed E-state index contributed by atoms with van der Waals surface area (Å²) in [7, 11) is 0. The Morgan fingerprint density at radius 2 is 1.60 bits per heavy atom. The number of thioether (sulfide) groups is 1. The highest BCUT2D eigenvalue weighted by molar-refractivity contribution is 7.99. The van der Waals surface area contributed by atoms with Crippen LogP contribution < -0.4 is 15.4 Å². The van der Waals surface area contributed by atoms with Crippen LogP contribution in [0.5, 0.6) is 5.75 Å². The second-order valence-electron chi connectivity index (χ2n) is 7.40. The van der Waals surface area contributed by atoms with Gasteiger partial charge in [-0.15, -0.1) is 11.8 Å². The minimum atomic E-state index is -0.765. The van der Waals surface area contributed by atoms with E-state index in [9.17, 15) is 18.8 Å². The average Bonchev–Trinajstić information content (AvgIpc) is 2.86. The van der Waals surface area contributed by atoms with Gasteiger partial charge in [-0.2, -0.15) is 0 Å². The Kier molecular flexibility index (Phi) is 9.68. The molecule has 7 nitrogen and oxygen atoms in total. The number of halogens is 1. The summed E-state index contributed by atoms with van der Waals surface area (Å²) in [6.07, 6.45) is 0. The molecular weight excluding hydrogens is 471 g/mol. The van der Waals surface area contributed by atoms with Crippen molar-refractivity contribution < 1.29 is 28.2 Å². The van der Waals surface area contributed by atoms with E-state index in [4.69, 9.17) is 9.47 Å². The summed E-state index contributed by atoms with van der Waals surface area (Å²) >= 11 is 1.61. The topological polar surface area (TPSA) is 93.7 Å². The van der Waals surface area contributed by atoms with Gasteiger partial charge in [-0.1, -0.05) is 42.0 Å². The number of amides is 2. The van der Waals surface area contributed by atoms with Crippen molar-refractivity contribution >= 4 is 35.2 Å². The molecule has 0 fully saturated rings. The van der Waals surface area contributed by atoms with Crippen molar-refractivity contribution in [1.82, 2.24) is 5.32 Å². The van der Waals surface area contributed by atoms with Gasteiger partial charge in [-0.25, -0.2) is 9.18 Å². The Bertz CT molecular complexity index is 1170. The number of esters is 1. The Morgan fingerprint density at radius 3 is 2.37 bits per heavy atom. The van der Waals surface area contributed by atoms with E-state index in [1.54, 1.807) is 30.0 Å². The number of aryl methyl sites for hydroxylation is 1. The molecule has 0 aliphatic carbocycles. The van der Waals surface area contributed by atoms with Crippen LogP contribution in [0.1, 0.15) is 15.9 Å². The molecule has 0 heterocycles. The van der Waals surface area contributed by atoms with Crippen LogP contribution >= 0.6 is 11.8 Å². The fourth-order valence-corrected chi connectivity index (χ4v) is 3.68. The summed E-state index contributed by atoms with van der Waals surface area (Å²) < 4.78 is 24.2. The van der Waals surface area contributed by atoms with E-state index in [2.05, 4.69) is 10.6 Å². The summed E-state index contributed by atoms with van der Waals surface area (Å²) in [5, 5.41) is 5.10. The highest BCUT2D eigenvalue weighted by Crippen LogP contribution is 2.20. The van der Waals surface area contributed by atoms with E-state index in [0.717, 1.165) is 4.90 Å². The molecule has 0 saturated heterocycles. The average molecular weight is 497 g/mol. The largest absolute Gasteiger partial charge is 0.483 e. The molecular formula is C26H25FN2O5S. The zero-order valence-corrected chi connectivity index (χ0v) is 19.9. The number of hydrogen-bond donors (Lipinski definition) is 2. The smallest absolute Gasteiger partial charge is 0.342 e. The predicted molar refractivity (Wildman–Crippen MR) is 132 cm³/mol. The highest BCUT2D eigenvalue weighted by atomic mass is 32.2. The van der Waals surface area contributed by atoms with Gasteiger partial charge in [0.25, 0.3) is 11.8 Å². The molecule has 9 heteroatoms. The molecule has 0 aliphatic rings. The van der Waals surface area contributed by atoms with Gasteiger partial charge in [-0.3, -0.25) is 9.59 Å². The maximum atomic E-state index is 13.7. The number of anilines is 1. The van der Waals surface area contributed by atoms with Crippen LogP contribution in [-0.4, -0.2) is 43.3 Å². The zero-order chi connectivity index (χ0) is 25.0. The number of hydrogen-bond acceptors (Lipinski definition) is 6. The summed E-state index contributed by atoms with van der Waals surface area (Å²) in [6, 6.07) is 20.0. The van der Waals surface area contributed by atoms with Gasteiger partial charge in [0.15, 0.2) is 13.2 Å². The molecule has 0 aromatic heterocycles. The highest BCUT2D eigenvalue weighted by Gasteiger charge is 2.16. The van der Waals surface area contributed by atoms with Gasteiger partial charge in [0.1, 0.15) is 17.1 Å². The predicted octanol–water partition coefficient (Wildman–Crippen LogP) is 4.22. The molecule has 0 aliphatic heterocycles. The molecule has 2 amide bonds. The van der Waals surface area contributed by atoms with Gasteiger partial charge >= 0.3 is 5.97 Å². The van der Waals surface area contributed by atoms with Crippen LogP contribution in [0.3, 0.4) is 0 Å². The fraction of sp³-hybridized carbons (Fsp3) is 0.192. The van der Waals surface area contributed by atoms with Crippen molar-refractivity contribution in [3.05, 3.63) is 89.7 Å². The van der Waals surface area contributed by atoms with Crippen LogP contribution in [0.25, 0.3) is 0 Å². The SMILES string of the molecule is Cc1ccc(SCCNC(=O)COC(=O)c2ccccc2OCC(=O)Nc2ccccc2F)cc1. The van der Waals surface area contributed by atoms with E-state index >= 15 is 0 Å². The van der Waals surface area contributed by atoms with Crippen molar-refractivity contribution in [3.63, 3.8) is 0 Å². The number of ether oxygens (including phenoxy) is 2. The molecule has 35 heavy (non-hydrogen) atoms. The lowest BCUT2D eigenvalue weighted by atomic mass is 10.2. The van der Waals surface area contributed by atoms with E-state index < -0.39 is 36.8 Å². The molecule has 182 valence electrons. The van der Waals surface area contributed by atoms with Gasteiger partial charge < -0.3 is 20.1 Å². The van der Waals surface area contributed by atoms with E-state index in [1.807, 2.05) is 31.2 Å². The van der Waals surface area contributed by atoms with Crippen molar-refractivity contribution in [2.45, 2.75) is 11.8 Å². The fourth-order valence-electron chi connectivity index (χ4n) is 2.91. The van der Waals surface area contributed by atoms with Crippen LogP contribution in [0.2, 0.25) is 0 Å². The molecule has 0 bridgehead atoms. The summed E-state index contributed by atoms with van der Waals surface area (Å²) in [6.45, 7) is 1.55. The lowest BCUT2D eigenvalue weighted by Gasteiger charge is -2.12. The van der Waals surface area contributed by atoms with E-state index in [1.165, 1.54) is 35.9 Å². The molecule has 3 aromatic rings. The lowest BCUT2D eigenvalue weighted by Crippen LogP contribution is -2.30. The molecule has 2 N–H and O–H groups in total. The third kappa shape index (κ3) is 8.46. The van der Waals surface area contributed by atoms with Crippen LogP contribution in [0, 0.1) is 12.7 Å². The van der Waals surface area contributed by atoms with Crippen LogP contribution in [0.4, 0.5) is 10.1 Å². The monoisotopic (exact) mass is 496 g/mol. The lowest BCUT2D eigenvalue weighted by molar-refractivity contribution is -0.124. The molecule has 3 aromatic carbocycles. The minimum Gasteiger partial charge on any atom is -0.483 e. The third-order valence-electron chi connectivity index (χ3n) is 4.66. The van der Waals surface area contributed by atoms with Crippen LogP contribution in [-0.2, 0) is 14.3 Å². The standard InChI is InChI=1S/C26H25FN2O5S/c1-18-10-12-19(13-11-18)35-15-14-28-24(30)16-34-26(32)20-6-2-5-9-23(20)33-17-25(31)29-22-8-4-3-7-21(22)27/h2-13H,14-17H2,1H3,(H,28,30)(H,29,31). The Hall–Kier alpha value is -3.85. The number of nitrogens with one attached hydrogen (secondary N) is 2. The molecule has 3 rings (SSSR count). The molecule has 0 radical (unpaired) electrons. The first-order valence-corrected chi connectivity index (χ1v) is 11.8. The molecule has 0 spiro atoms. The van der Waals surface area contributed by atoms with Crippen molar-refractivity contribution in [1.29, 1.82) is 0 Å². The van der Waals surface area contributed by atoms with Gasteiger partial charge in [0.2, 0.25) is 0 Å². The third-order valence-corrected chi connectivity index (χ3v) is 5.68. The normalized spacial score (nSPS) is 10.3. The van der Waals surface area contributed by atoms with Crippen molar-refractivity contribution in [3.8, 4) is 5.75 Å². The molecule has 0 unspecified atom stereocenters. The van der Waals surface area contributed by atoms with Crippen molar-refractivity contribution in [2.24, 2.45) is 0 Å². The first-order valence-electron chi connectivity index (χ1n) is 10.8. The number of carbonyl (C=O) groups excluding carboxylic acids is 3. The Morgan fingerprint density at radius 1 is 0.886 bits per heavy atom. The Balaban J connectivity index is 1.42. The van der Waals surface area contributed by atoms with Gasteiger partial charge in [0, 0.05) is 17.2 Å². The maximum Gasteiger partial charge on any atom is 0.342 e. The number of benzene rings is 3. The summed E-state index contributed by atoms with van der Waals surface area (Å²) in [5.74, 6) is -1.58. The first-order chi connectivity index (χ1) is 16.9. The first kappa shape index (κ1) is 25.8. The van der Waals surface area contributed by atoms with Gasteiger partial charge in [-0.05, 0) is 43.3 Å². The second kappa shape index (κ2) is 13.1. The quantitative estimate of drug-likeness (QED) is 0.235. The van der Waals surface area contributed by atoms with E-state index in [-0.39, 0.29) is 17.0 Å². The van der Waals surface area contributed by atoms with Crippen molar-refractivity contribution in [2.75, 3.05) is 30.8 Å². The summed E-state index contributed by atoms with van der Waals surface area (Å²) in [5.41, 5.74) is 1.27. The van der Waals surface area contributed by atoms with E-state index in [0.29, 0.717) is 12.3 Å². The van der Waals surface area contributed by atoms with Crippen LogP contribution in [0.15, 0.2) is 77.7 Å². The molecule has 0 atom stereocenters. The summed E-state index contributed by atoms with van der Waals surface area (Å²) in [4.78, 5) is 37.7. The zero-order valence-electron chi connectivity index (χ0n) is 19.1.